The fourth-order valence-corrected chi connectivity index (χ4v) is 2.38. The molecule has 0 atom stereocenters. The molecule has 0 amide bonds. The molecule has 1 aliphatic heterocycles. The van der Waals surface area contributed by atoms with Crippen molar-refractivity contribution in [2.45, 2.75) is 19.0 Å². The molecular formula is C11H19F3N2O. The fourth-order valence-electron chi connectivity index (χ4n) is 2.38. The lowest BCUT2D eigenvalue weighted by molar-refractivity contribution is -0.149. The summed E-state index contributed by atoms with van der Waals surface area (Å²) in [6.45, 7) is 2.54. The third kappa shape index (κ3) is 3.82. The summed E-state index contributed by atoms with van der Waals surface area (Å²) in [5, 5.41) is 9.21. The van der Waals surface area contributed by atoms with Gasteiger partial charge in [-0.05, 0) is 12.8 Å². The topological polar surface area (TPSA) is 26.7 Å². The Bertz CT molecular complexity index is 258. The summed E-state index contributed by atoms with van der Waals surface area (Å²) >= 11 is 0. The zero-order valence-electron chi connectivity index (χ0n) is 9.84. The first-order valence-corrected chi connectivity index (χ1v) is 6.05. The molecule has 0 aromatic heterocycles. The second-order valence-electron chi connectivity index (χ2n) is 5.33. The number of piperazine rings is 1. The largest absolute Gasteiger partial charge is 0.401 e. The first-order valence-electron chi connectivity index (χ1n) is 6.05. The molecule has 2 aliphatic rings. The summed E-state index contributed by atoms with van der Waals surface area (Å²) < 4.78 is 36.6. The Morgan fingerprint density at radius 1 is 1.00 bits per heavy atom. The zero-order valence-corrected chi connectivity index (χ0v) is 9.84. The first-order chi connectivity index (χ1) is 7.92. The maximum Gasteiger partial charge on any atom is 0.401 e. The Hall–Kier alpha value is -0.330. The van der Waals surface area contributed by atoms with Crippen LogP contribution < -0.4 is 0 Å². The number of hydrogen-bond acceptors (Lipinski definition) is 3. The molecule has 3 nitrogen and oxygen atoms in total. The number of halogens is 3. The van der Waals surface area contributed by atoms with E-state index in [4.69, 9.17) is 0 Å². The number of aliphatic hydroxyl groups is 1. The van der Waals surface area contributed by atoms with Crippen molar-refractivity contribution in [1.82, 2.24) is 9.80 Å². The Labute approximate surface area is 99.2 Å². The lowest BCUT2D eigenvalue weighted by Gasteiger charge is -2.36. The highest BCUT2D eigenvalue weighted by molar-refractivity contribution is 4.95. The number of nitrogens with zero attached hydrogens (tertiary/aromatic N) is 2. The van der Waals surface area contributed by atoms with Crippen molar-refractivity contribution in [2.24, 2.45) is 5.41 Å². The van der Waals surface area contributed by atoms with Gasteiger partial charge in [-0.25, -0.2) is 0 Å². The van der Waals surface area contributed by atoms with Crippen LogP contribution in [0.15, 0.2) is 0 Å². The van der Waals surface area contributed by atoms with Gasteiger partial charge in [0.15, 0.2) is 0 Å². The van der Waals surface area contributed by atoms with E-state index in [9.17, 15) is 18.3 Å². The van der Waals surface area contributed by atoms with Gasteiger partial charge >= 0.3 is 6.18 Å². The average molecular weight is 252 g/mol. The van der Waals surface area contributed by atoms with Crippen LogP contribution in [-0.2, 0) is 0 Å². The molecule has 0 bridgehead atoms. The highest BCUT2D eigenvalue weighted by atomic mass is 19.4. The van der Waals surface area contributed by atoms with Crippen molar-refractivity contribution < 1.29 is 18.3 Å². The minimum Gasteiger partial charge on any atom is -0.396 e. The van der Waals surface area contributed by atoms with Gasteiger partial charge in [-0.1, -0.05) is 0 Å². The molecule has 0 aromatic rings. The average Bonchev–Trinajstić information content (AvgIpc) is 3.00. The molecule has 1 saturated carbocycles. The monoisotopic (exact) mass is 252 g/mol. The van der Waals surface area contributed by atoms with Gasteiger partial charge in [-0.15, -0.1) is 0 Å². The van der Waals surface area contributed by atoms with Gasteiger partial charge in [0.2, 0.25) is 0 Å². The van der Waals surface area contributed by atoms with Gasteiger partial charge in [0.05, 0.1) is 6.54 Å². The van der Waals surface area contributed by atoms with Gasteiger partial charge < -0.3 is 10.0 Å². The van der Waals surface area contributed by atoms with E-state index in [1.807, 2.05) is 0 Å². The first kappa shape index (κ1) is 13.1. The molecule has 2 fully saturated rings. The smallest absolute Gasteiger partial charge is 0.396 e. The molecule has 1 N–H and O–H groups in total. The maximum atomic E-state index is 12.2. The van der Waals surface area contributed by atoms with E-state index in [-0.39, 0.29) is 12.0 Å². The van der Waals surface area contributed by atoms with Crippen LogP contribution in [0.5, 0.6) is 0 Å². The molecule has 1 heterocycles. The normalized spacial score (nSPS) is 26.1. The summed E-state index contributed by atoms with van der Waals surface area (Å²) in [6, 6.07) is 0. The van der Waals surface area contributed by atoms with Gasteiger partial charge in [-0.3, -0.25) is 4.90 Å². The number of aliphatic hydroxyl groups excluding tert-OH is 1. The third-order valence-electron chi connectivity index (χ3n) is 3.72. The van der Waals surface area contributed by atoms with Crippen LogP contribution in [0.4, 0.5) is 13.2 Å². The van der Waals surface area contributed by atoms with Crippen molar-refractivity contribution in [1.29, 1.82) is 0 Å². The van der Waals surface area contributed by atoms with Crippen molar-refractivity contribution in [3.05, 3.63) is 0 Å². The lowest BCUT2D eigenvalue weighted by atomic mass is 10.1. The Kier molecular flexibility index (Phi) is 3.66. The van der Waals surface area contributed by atoms with Gasteiger partial charge in [0, 0.05) is 44.7 Å². The van der Waals surface area contributed by atoms with Crippen molar-refractivity contribution in [2.75, 3.05) is 45.9 Å². The van der Waals surface area contributed by atoms with Crippen LogP contribution in [0.2, 0.25) is 0 Å². The minimum atomic E-state index is -4.09. The fraction of sp³-hybridized carbons (Fsp3) is 1.00. The second-order valence-corrected chi connectivity index (χ2v) is 5.33. The van der Waals surface area contributed by atoms with E-state index < -0.39 is 12.7 Å². The van der Waals surface area contributed by atoms with Gasteiger partial charge in [-0.2, -0.15) is 13.2 Å². The summed E-state index contributed by atoms with van der Waals surface area (Å²) in [6.07, 6.45) is -2.00. The summed E-state index contributed by atoms with van der Waals surface area (Å²) in [5.74, 6) is 0. The van der Waals surface area contributed by atoms with Crippen molar-refractivity contribution >= 4 is 0 Å². The molecule has 100 valence electrons. The van der Waals surface area contributed by atoms with E-state index in [0.29, 0.717) is 26.2 Å². The second kappa shape index (κ2) is 4.74. The molecule has 0 aromatic carbocycles. The standard InChI is InChI=1S/C11H19F3N2O/c12-11(13,14)8-16-5-3-15(4-6-16)7-10(9-17)1-2-10/h17H,1-9H2. The van der Waals surface area contributed by atoms with E-state index in [1.165, 1.54) is 4.90 Å². The van der Waals surface area contributed by atoms with Crippen molar-refractivity contribution in [3.8, 4) is 0 Å². The van der Waals surface area contributed by atoms with Crippen LogP contribution in [0.25, 0.3) is 0 Å². The molecule has 0 radical (unpaired) electrons. The van der Waals surface area contributed by atoms with Crippen LogP contribution in [-0.4, -0.2) is 67.0 Å². The molecule has 0 spiro atoms. The Morgan fingerprint density at radius 3 is 1.94 bits per heavy atom. The predicted octanol–water partition coefficient (Wildman–Crippen LogP) is 0.939. The van der Waals surface area contributed by atoms with E-state index >= 15 is 0 Å². The lowest BCUT2D eigenvalue weighted by Crippen LogP contribution is -2.50. The zero-order chi connectivity index (χ0) is 12.5. The molecule has 1 aliphatic carbocycles. The van der Waals surface area contributed by atoms with Crippen molar-refractivity contribution in [3.63, 3.8) is 0 Å². The highest BCUT2D eigenvalue weighted by Crippen LogP contribution is 2.45. The predicted molar refractivity (Wildman–Crippen MR) is 57.7 cm³/mol. The molecule has 1 saturated heterocycles. The summed E-state index contributed by atoms with van der Waals surface area (Å²) in [4.78, 5) is 3.63. The third-order valence-corrected chi connectivity index (χ3v) is 3.72. The van der Waals surface area contributed by atoms with Crippen LogP contribution in [0, 0.1) is 5.41 Å². The van der Waals surface area contributed by atoms with Gasteiger partial charge in [0.1, 0.15) is 0 Å². The van der Waals surface area contributed by atoms with Crippen LogP contribution >= 0.6 is 0 Å². The minimum absolute atomic E-state index is 0.0617. The summed E-state index contributed by atoms with van der Waals surface area (Å²) in [7, 11) is 0. The summed E-state index contributed by atoms with van der Waals surface area (Å²) in [5.41, 5.74) is 0.0617. The SMILES string of the molecule is OCC1(CN2CCN(CC(F)(F)F)CC2)CC1. The number of alkyl halides is 3. The molecule has 17 heavy (non-hydrogen) atoms. The number of rotatable bonds is 4. The van der Waals surface area contributed by atoms with E-state index in [1.54, 1.807) is 0 Å². The van der Waals surface area contributed by atoms with Crippen LogP contribution in [0.1, 0.15) is 12.8 Å². The van der Waals surface area contributed by atoms with Gasteiger partial charge in [0.25, 0.3) is 0 Å². The molecule has 0 unspecified atom stereocenters. The number of hydrogen-bond donors (Lipinski definition) is 1. The van der Waals surface area contributed by atoms with E-state index in [0.717, 1.165) is 19.4 Å². The quantitative estimate of drug-likeness (QED) is 0.806. The van der Waals surface area contributed by atoms with E-state index in [2.05, 4.69) is 4.90 Å². The Morgan fingerprint density at radius 2 is 1.53 bits per heavy atom. The highest BCUT2D eigenvalue weighted by Gasteiger charge is 2.43. The van der Waals surface area contributed by atoms with Crippen LogP contribution in [0.3, 0.4) is 0 Å². The molecular weight excluding hydrogens is 233 g/mol. The Balaban J connectivity index is 1.71. The maximum absolute atomic E-state index is 12.2. The molecule has 2 rings (SSSR count). The molecule has 6 heteroatoms.